The first kappa shape index (κ1) is 11.6. The Labute approximate surface area is 106 Å². The first-order valence-corrected chi connectivity index (χ1v) is 5.73. The second-order valence-corrected chi connectivity index (χ2v) is 4.31. The Bertz CT molecular complexity index is 377. The first-order valence-electron chi connectivity index (χ1n) is 5.73. The van der Waals surface area contributed by atoms with Crippen LogP contribution in [0, 0.1) is 0 Å². The van der Waals surface area contributed by atoms with Crippen LogP contribution < -0.4 is 0 Å². The van der Waals surface area contributed by atoms with Gasteiger partial charge < -0.3 is 4.74 Å². The molecule has 16 heavy (non-hydrogen) atoms. The molecule has 0 bridgehead atoms. The van der Waals surface area contributed by atoms with Crippen LogP contribution in [0.3, 0.4) is 0 Å². The molecule has 86 valence electrons. The lowest BCUT2D eigenvalue weighted by Crippen LogP contribution is -2.26. The zero-order chi connectivity index (χ0) is 10.1. The van der Waals surface area contributed by atoms with Crippen molar-refractivity contribution < 1.29 is 4.74 Å². The molecule has 1 aliphatic carbocycles. The van der Waals surface area contributed by atoms with Gasteiger partial charge in [-0.15, -0.1) is 17.0 Å². The van der Waals surface area contributed by atoms with E-state index in [2.05, 4.69) is 17.1 Å². The smallest absolute Gasteiger partial charge is 0.216 e. The summed E-state index contributed by atoms with van der Waals surface area (Å²) in [5, 5.41) is 0. The highest BCUT2D eigenvalue weighted by Crippen LogP contribution is 2.29. The Morgan fingerprint density at radius 1 is 1.06 bits per heavy atom. The van der Waals surface area contributed by atoms with E-state index in [0.717, 1.165) is 11.5 Å². The van der Waals surface area contributed by atoms with Crippen molar-refractivity contribution in [3.05, 3.63) is 35.9 Å². The monoisotopic (exact) mass is 281 g/mol. The molecule has 0 N–H and O–H groups in total. The molecule has 0 spiro atoms. The number of hydrogen-bond donors (Lipinski definition) is 0. The third-order valence-electron chi connectivity index (χ3n) is 3.23. The van der Waals surface area contributed by atoms with Crippen LogP contribution in [0.5, 0.6) is 0 Å². The molecule has 1 saturated carbocycles. The van der Waals surface area contributed by atoms with E-state index in [1.807, 2.05) is 18.2 Å². The molecule has 1 aromatic rings. The summed E-state index contributed by atoms with van der Waals surface area (Å²) in [6.07, 6.45) is 5.31. The van der Waals surface area contributed by atoms with E-state index < -0.39 is 0 Å². The second-order valence-electron chi connectivity index (χ2n) is 4.31. The van der Waals surface area contributed by atoms with Crippen LogP contribution in [0.15, 0.2) is 35.3 Å². The molecule has 0 radical (unpaired) electrons. The van der Waals surface area contributed by atoms with Crippen LogP contribution in [-0.4, -0.2) is 18.0 Å². The quantitative estimate of drug-likeness (QED) is 0.774. The first-order chi connectivity index (χ1) is 7.43. The lowest BCUT2D eigenvalue weighted by Gasteiger charge is -2.21. The van der Waals surface area contributed by atoms with Crippen molar-refractivity contribution in [1.82, 2.24) is 0 Å². The minimum absolute atomic E-state index is 0. The molecule has 2 aliphatic rings. The standard InChI is InChI=1S/C13H15NO.BrH/c1-2-6-10(7-3-1)13-14-11-8-4-5-9-12(11)15-13;/h1-3,6-7,11-12H,4-5,8-9H2;1H/t11?,12-;/m1./s1. The van der Waals surface area contributed by atoms with Gasteiger partial charge >= 0.3 is 0 Å². The van der Waals surface area contributed by atoms with Crippen molar-refractivity contribution >= 4 is 22.9 Å². The van der Waals surface area contributed by atoms with Crippen molar-refractivity contribution in [2.75, 3.05) is 0 Å². The molecule has 0 saturated heterocycles. The van der Waals surface area contributed by atoms with E-state index in [0.29, 0.717) is 12.1 Å². The zero-order valence-electron chi connectivity index (χ0n) is 9.13. The summed E-state index contributed by atoms with van der Waals surface area (Å²) in [6.45, 7) is 0. The lowest BCUT2D eigenvalue weighted by atomic mass is 9.94. The van der Waals surface area contributed by atoms with Crippen molar-refractivity contribution in [3.8, 4) is 0 Å². The Balaban J connectivity index is 0.000000963. The van der Waals surface area contributed by atoms with Crippen molar-refractivity contribution in [3.63, 3.8) is 0 Å². The Kier molecular flexibility index (Phi) is 3.64. The van der Waals surface area contributed by atoms with E-state index in [9.17, 15) is 0 Å². The summed E-state index contributed by atoms with van der Waals surface area (Å²) in [4.78, 5) is 4.67. The highest BCUT2D eigenvalue weighted by atomic mass is 79.9. The highest BCUT2D eigenvalue weighted by molar-refractivity contribution is 8.93. The summed E-state index contributed by atoms with van der Waals surface area (Å²) >= 11 is 0. The summed E-state index contributed by atoms with van der Waals surface area (Å²) in [7, 11) is 0. The van der Waals surface area contributed by atoms with Gasteiger partial charge in [0.05, 0.1) is 6.04 Å². The fraction of sp³-hybridized carbons (Fsp3) is 0.462. The summed E-state index contributed by atoms with van der Waals surface area (Å²) in [5.74, 6) is 0.854. The highest BCUT2D eigenvalue weighted by Gasteiger charge is 2.33. The van der Waals surface area contributed by atoms with Gasteiger partial charge in [0.2, 0.25) is 5.90 Å². The molecule has 2 nitrogen and oxygen atoms in total. The SMILES string of the molecule is Br.c1ccc(C2=NC3CCCC[C@H]3O2)cc1. The van der Waals surface area contributed by atoms with Crippen LogP contribution in [0.2, 0.25) is 0 Å². The molecule has 3 rings (SSSR count). The van der Waals surface area contributed by atoms with Gasteiger partial charge in [0.25, 0.3) is 0 Å². The Hall–Kier alpha value is -0.830. The number of nitrogens with zero attached hydrogens (tertiary/aromatic N) is 1. The van der Waals surface area contributed by atoms with Crippen LogP contribution in [0.1, 0.15) is 31.2 Å². The van der Waals surface area contributed by atoms with E-state index in [1.165, 1.54) is 25.7 Å². The maximum absolute atomic E-state index is 5.90. The van der Waals surface area contributed by atoms with Crippen LogP contribution in [0.25, 0.3) is 0 Å². The minimum Gasteiger partial charge on any atom is -0.472 e. The van der Waals surface area contributed by atoms with Crippen molar-refractivity contribution in [2.45, 2.75) is 37.8 Å². The summed E-state index contributed by atoms with van der Waals surface area (Å²) < 4.78 is 5.90. The van der Waals surface area contributed by atoms with E-state index in [4.69, 9.17) is 4.74 Å². The number of rotatable bonds is 1. The van der Waals surface area contributed by atoms with Gasteiger partial charge in [0.15, 0.2) is 0 Å². The number of fused-ring (bicyclic) bond motifs is 1. The molecule has 1 aromatic carbocycles. The van der Waals surface area contributed by atoms with E-state index in [-0.39, 0.29) is 17.0 Å². The zero-order valence-corrected chi connectivity index (χ0v) is 10.8. The molecule has 2 atom stereocenters. The predicted octanol–water partition coefficient (Wildman–Crippen LogP) is 3.35. The van der Waals surface area contributed by atoms with Crippen molar-refractivity contribution in [1.29, 1.82) is 0 Å². The minimum atomic E-state index is 0. The topological polar surface area (TPSA) is 21.6 Å². The van der Waals surface area contributed by atoms with Crippen LogP contribution in [-0.2, 0) is 4.74 Å². The van der Waals surface area contributed by atoms with Gasteiger partial charge in [-0.1, -0.05) is 24.6 Å². The molecule has 0 aromatic heterocycles. The van der Waals surface area contributed by atoms with Gasteiger partial charge in [-0.25, -0.2) is 4.99 Å². The molecular formula is C13H16BrNO. The molecule has 1 unspecified atom stereocenters. The third kappa shape index (κ3) is 2.14. The maximum Gasteiger partial charge on any atom is 0.216 e. The average Bonchev–Trinajstić information content (AvgIpc) is 2.74. The summed E-state index contributed by atoms with van der Waals surface area (Å²) in [6, 6.07) is 10.6. The normalized spacial score (nSPS) is 27.4. The van der Waals surface area contributed by atoms with Crippen LogP contribution in [0.4, 0.5) is 0 Å². The van der Waals surface area contributed by atoms with Gasteiger partial charge in [-0.3, -0.25) is 0 Å². The third-order valence-corrected chi connectivity index (χ3v) is 3.23. The number of aliphatic imine (C=N–C) groups is 1. The van der Waals surface area contributed by atoms with E-state index in [1.54, 1.807) is 0 Å². The number of hydrogen-bond acceptors (Lipinski definition) is 2. The lowest BCUT2D eigenvalue weighted by molar-refractivity contribution is 0.153. The van der Waals surface area contributed by atoms with Gasteiger partial charge in [-0.05, 0) is 31.4 Å². The number of benzene rings is 1. The fourth-order valence-corrected chi connectivity index (χ4v) is 2.41. The van der Waals surface area contributed by atoms with Crippen LogP contribution >= 0.6 is 17.0 Å². The molecule has 1 heterocycles. The van der Waals surface area contributed by atoms with Gasteiger partial charge in [0, 0.05) is 5.56 Å². The predicted molar refractivity (Wildman–Crippen MR) is 70.4 cm³/mol. The van der Waals surface area contributed by atoms with Gasteiger partial charge in [0.1, 0.15) is 6.10 Å². The number of ether oxygens (including phenoxy) is 1. The molecular weight excluding hydrogens is 266 g/mol. The Morgan fingerprint density at radius 2 is 1.81 bits per heavy atom. The number of halogens is 1. The Morgan fingerprint density at radius 3 is 2.56 bits per heavy atom. The maximum atomic E-state index is 5.90. The molecule has 0 amide bonds. The summed E-state index contributed by atoms with van der Waals surface area (Å²) in [5.41, 5.74) is 1.12. The average molecular weight is 282 g/mol. The largest absolute Gasteiger partial charge is 0.472 e. The molecule has 1 fully saturated rings. The molecule has 3 heteroatoms. The van der Waals surface area contributed by atoms with Gasteiger partial charge in [-0.2, -0.15) is 0 Å². The second kappa shape index (κ2) is 5.00. The van der Waals surface area contributed by atoms with Crippen molar-refractivity contribution in [2.24, 2.45) is 4.99 Å². The molecule has 1 aliphatic heterocycles. The fourth-order valence-electron chi connectivity index (χ4n) is 2.41. The van der Waals surface area contributed by atoms with E-state index >= 15 is 0 Å².